The van der Waals surface area contributed by atoms with Crippen molar-refractivity contribution >= 4 is 55.2 Å². The van der Waals surface area contributed by atoms with Gasteiger partial charge in [0.05, 0.1) is 0 Å². The van der Waals surface area contributed by atoms with E-state index < -0.39 is 0 Å². The molecule has 0 bridgehead atoms. The Labute approximate surface area is 260 Å². The van der Waals surface area contributed by atoms with E-state index in [0.29, 0.717) is 5.84 Å². The Bertz CT molecular complexity index is 2470. The quantitative estimate of drug-likeness (QED) is 0.226. The lowest BCUT2D eigenvalue weighted by atomic mass is 9.95. The first-order chi connectivity index (χ1) is 22.3. The molecule has 0 saturated heterocycles. The summed E-state index contributed by atoms with van der Waals surface area (Å²) in [4.78, 5) is 10.4. The summed E-state index contributed by atoms with van der Waals surface area (Å²) in [5.41, 5.74) is 7.01. The summed E-state index contributed by atoms with van der Waals surface area (Å²) in [6, 6.07) is 52.7. The molecule has 4 heteroatoms. The van der Waals surface area contributed by atoms with Crippen molar-refractivity contribution in [2.24, 2.45) is 9.98 Å². The van der Waals surface area contributed by atoms with E-state index in [1.807, 2.05) is 18.2 Å². The highest BCUT2D eigenvalue weighted by Gasteiger charge is 2.25. The maximum Gasteiger partial charge on any atom is 0.160 e. The Hall–Kier alpha value is -6.00. The van der Waals surface area contributed by atoms with Gasteiger partial charge in [-0.2, -0.15) is 0 Å². The van der Waals surface area contributed by atoms with Gasteiger partial charge in [-0.05, 0) is 56.4 Å². The number of nitrogens with one attached hydrogen (secondary N) is 1. The molecule has 9 rings (SSSR count). The average Bonchev–Trinajstić information content (AvgIpc) is 3.51. The van der Waals surface area contributed by atoms with Crippen molar-refractivity contribution < 1.29 is 4.42 Å². The molecule has 2 heterocycles. The summed E-state index contributed by atoms with van der Waals surface area (Å²) in [6.07, 6.45) is -0.305. The first kappa shape index (κ1) is 25.5. The van der Waals surface area contributed by atoms with Crippen LogP contribution in [0.4, 0.5) is 0 Å². The molecule has 0 aliphatic carbocycles. The van der Waals surface area contributed by atoms with E-state index in [2.05, 4.69) is 139 Å². The third-order valence-electron chi connectivity index (χ3n) is 8.73. The second-order valence-corrected chi connectivity index (χ2v) is 11.4. The van der Waals surface area contributed by atoms with Crippen LogP contribution >= 0.6 is 0 Å². The minimum Gasteiger partial charge on any atom is -0.456 e. The van der Waals surface area contributed by atoms with Gasteiger partial charge in [0.25, 0.3) is 0 Å². The number of benzene rings is 7. The third-order valence-corrected chi connectivity index (χ3v) is 8.73. The van der Waals surface area contributed by atoms with Gasteiger partial charge >= 0.3 is 0 Å². The fraction of sp³-hybridized carbons (Fsp3) is 0.0244. The van der Waals surface area contributed by atoms with Gasteiger partial charge in [0.2, 0.25) is 0 Å². The molecule has 212 valence electrons. The van der Waals surface area contributed by atoms with Gasteiger partial charge in [-0.25, -0.2) is 9.98 Å². The zero-order valence-electron chi connectivity index (χ0n) is 24.3. The summed E-state index contributed by atoms with van der Waals surface area (Å²) in [7, 11) is 0. The molecule has 0 saturated carbocycles. The molecule has 0 spiro atoms. The maximum atomic E-state index is 6.50. The van der Waals surface area contributed by atoms with E-state index in [-0.39, 0.29) is 6.17 Å². The minimum atomic E-state index is -0.305. The van der Waals surface area contributed by atoms with Crippen LogP contribution in [0.3, 0.4) is 0 Å². The van der Waals surface area contributed by atoms with Gasteiger partial charge < -0.3 is 9.73 Å². The van der Waals surface area contributed by atoms with Gasteiger partial charge in [-0.15, -0.1) is 0 Å². The Kier molecular flexibility index (Phi) is 5.85. The smallest absolute Gasteiger partial charge is 0.160 e. The van der Waals surface area contributed by atoms with E-state index in [4.69, 9.17) is 14.4 Å². The molecule has 8 aromatic rings. The van der Waals surface area contributed by atoms with Crippen LogP contribution in [0.25, 0.3) is 54.6 Å². The topological polar surface area (TPSA) is 49.9 Å². The summed E-state index contributed by atoms with van der Waals surface area (Å²) < 4.78 is 6.50. The standard InChI is InChI=1S/C41H27N3O/c1-2-13-28(14-3-1)39-42-40(33-19-8-16-27-12-6-7-17-31(27)33)44-41(43-39)34-20-10-22-36-38(34)37-32(18-9-21-35(37)45-36)30-24-23-26-11-4-5-15-29(26)25-30/h1-25,39H,(H,42,43,44). The highest BCUT2D eigenvalue weighted by atomic mass is 16.3. The summed E-state index contributed by atoms with van der Waals surface area (Å²) in [5, 5.41) is 10.5. The van der Waals surface area contributed by atoms with Crippen LogP contribution in [0.15, 0.2) is 166 Å². The van der Waals surface area contributed by atoms with Gasteiger partial charge in [0.1, 0.15) is 23.2 Å². The molecule has 1 unspecified atom stereocenters. The number of hydrogen-bond acceptors (Lipinski definition) is 4. The monoisotopic (exact) mass is 577 g/mol. The second kappa shape index (κ2) is 10.3. The highest BCUT2D eigenvalue weighted by Crippen LogP contribution is 2.39. The SMILES string of the molecule is c1ccc(C2N=C(c3cccc4ccccc34)N=C(c3cccc4oc5cccc(-c6ccc7ccccc7c6)c5c34)N2)cc1. The Morgan fingerprint density at radius 2 is 1.16 bits per heavy atom. The number of amidine groups is 2. The van der Waals surface area contributed by atoms with E-state index >= 15 is 0 Å². The summed E-state index contributed by atoms with van der Waals surface area (Å²) in [6.45, 7) is 0. The van der Waals surface area contributed by atoms with Crippen molar-refractivity contribution in [3.63, 3.8) is 0 Å². The number of fused-ring (bicyclic) bond motifs is 5. The van der Waals surface area contributed by atoms with Gasteiger partial charge in [-0.3, -0.25) is 0 Å². The zero-order valence-corrected chi connectivity index (χ0v) is 24.3. The van der Waals surface area contributed by atoms with Crippen LogP contribution in [-0.2, 0) is 0 Å². The molecule has 0 amide bonds. The summed E-state index contributed by atoms with van der Waals surface area (Å²) >= 11 is 0. The van der Waals surface area contributed by atoms with Crippen molar-refractivity contribution in [1.82, 2.24) is 5.32 Å². The normalized spacial score (nSPS) is 14.9. The maximum absolute atomic E-state index is 6.50. The van der Waals surface area contributed by atoms with Crippen molar-refractivity contribution in [3.05, 3.63) is 168 Å². The Morgan fingerprint density at radius 3 is 2.00 bits per heavy atom. The molecule has 0 fully saturated rings. The first-order valence-corrected chi connectivity index (χ1v) is 15.2. The van der Waals surface area contributed by atoms with Gasteiger partial charge in [0, 0.05) is 21.9 Å². The fourth-order valence-electron chi connectivity index (χ4n) is 6.59. The highest BCUT2D eigenvalue weighted by molar-refractivity contribution is 6.25. The second-order valence-electron chi connectivity index (χ2n) is 11.4. The molecule has 1 atom stereocenters. The number of rotatable bonds is 4. The molecule has 1 aliphatic heterocycles. The fourth-order valence-corrected chi connectivity index (χ4v) is 6.59. The lowest BCUT2D eigenvalue weighted by Crippen LogP contribution is -2.33. The predicted octanol–water partition coefficient (Wildman–Crippen LogP) is 10.1. The molecule has 1 N–H and O–H groups in total. The van der Waals surface area contributed by atoms with Gasteiger partial charge in [0.15, 0.2) is 5.84 Å². The summed E-state index contributed by atoms with van der Waals surface area (Å²) in [5.74, 6) is 1.47. The molecular weight excluding hydrogens is 550 g/mol. The van der Waals surface area contributed by atoms with Crippen molar-refractivity contribution in [2.45, 2.75) is 6.17 Å². The van der Waals surface area contributed by atoms with Crippen molar-refractivity contribution in [2.75, 3.05) is 0 Å². The predicted molar refractivity (Wildman–Crippen MR) is 186 cm³/mol. The van der Waals surface area contributed by atoms with Crippen LogP contribution in [0.2, 0.25) is 0 Å². The molecule has 1 aliphatic rings. The third kappa shape index (κ3) is 4.30. The largest absolute Gasteiger partial charge is 0.456 e. The van der Waals surface area contributed by atoms with E-state index in [1.165, 1.54) is 10.8 Å². The molecular formula is C41H27N3O. The Balaban J connectivity index is 1.28. The van der Waals surface area contributed by atoms with Crippen LogP contribution < -0.4 is 5.32 Å². The molecule has 7 aromatic carbocycles. The molecule has 45 heavy (non-hydrogen) atoms. The van der Waals surface area contributed by atoms with Crippen molar-refractivity contribution in [1.29, 1.82) is 0 Å². The molecule has 0 radical (unpaired) electrons. The average molecular weight is 578 g/mol. The van der Waals surface area contributed by atoms with Crippen LogP contribution in [0.5, 0.6) is 0 Å². The Morgan fingerprint density at radius 1 is 0.511 bits per heavy atom. The van der Waals surface area contributed by atoms with Crippen LogP contribution in [0.1, 0.15) is 22.9 Å². The lowest BCUT2D eigenvalue weighted by Gasteiger charge is -2.24. The van der Waals surface area contributed by atoms with E-state index in [9.17, 15) is 0 Å². The lowest BCUT2D eigenvalue weighted by molar-refractivity contribution is 0.668. The van der Waals surface area contributed by atoms with Crippen LogP contribution in [-0.4, -0.2) is 11.7 Å². The first-order valence-electron chi connectivity index (χ1n) is 15.2. The molecule has 4 nitrogen and oxygen atoms in total. The van der Waals surface area contributed by atoms with Crippen molar-refractivity contribution in [3.8, 4) is 11.1 Å². The molecule has 1 aromatic heterocycles. The zero-order chi connectivity index (χ0) is 29.7. The van der Waals surface area contributed by atoms with Gasteiger partial charge in [-0.1, -0.05) is 133 Å². The van der Waals surface area contributed by atoms with E-state index in [0.717, 1.165) is 66.4 Å². The number of hydrogen-bond donors (Lipinski definition) is 1. The van der Waals surface area contributed by atoms with E-state index in [1.54, 1.807) is 0 Å². The number of nitrogens with zero attached hydrogens (tertiary/aromatic N) is 2. The van der Waals surface area contributed by atoms with Crippen LogP contribution in [0, 0.1) is 0 Å². The number of aliphatic imine (C=N–C) groups is 2. The number of furan rings is 1. The minimum absolute atomic E-state index is 0.305.